The molecule has 1 saturated heterocycles. The first-order chi connectivity index (χ1) is 18.2. The summed E-state index contributed by atoms with van der Waals surface area (Å²) in [5, 5.41) is 9.21. The van der Waals surface area contributed by atoms with Crippen molar-refractivity contribution < 1.29 is 19.1 Å². The third kappa shape index (κ3) is 4.65. The highest BCUT2D eigenvalue weighted by molar-refractivity contribution is 6.05. The maximum atomic E-state index is 13.7. The number of carbonyl (C=O) groups excluding carboxylic acids is 3. The van der Waals surface area contributed by atoms with Crippen LogP contribution >= 0.6 is 0 Å². The zero-order valence-electron chi connectivity index (χ0n) is 21.7. The monoisotopic (exact) mass is 511 g/mol. The van der Waals surface area contributed by atoms with E-state index in [0.717, 1.165) is 16.8 Å². The number of hydrogen-bond donors (Lipinski definition) is 0. The Labute approximate surface area is 221 Å². The van der Waals surface area contributed by atoms with Crippen molar-refractivity contribution in [2.45, 2.75) is 38.6 Å². The van der Waals surface area contributed by atoms with Crippen molar-refractivity contribution in [3.05, 3.63) is 77.4 Å². The molecule has 1 aromatic heterocycles. The van der Waals surface area contributed by atoms with Crippen molar-refractivity contribution in [3.63, 3.8) is 0 Å². The van der Waals surface area contributed by atoms with Crippen LogP contribution in [0.3, 0.4) is 0 Å². The summed E-state index contributed by atoms with van der Waals surface area (Å²) < 4.78 is 6.70. The number of esters is 1. The van der Waals surface area contributed by atoms with Crippen LogP contribution in [-0.2, 0) is 37.5 Å². The molecule has 3 heterocycles. The van der Waals surface area contributed by atoms with Gasteiger partial charge in [0.1, 0.15) is 12.2 Å². The predicted octanol–water partition coefficient (Wildman–Crippen LogP) is 3.20. The summed E-state index contributed by atoms with van der Waals surface area (Å²) in [6.07, 6.45) is 3.74. The minimum atomic E-state index is -0.457. The van der Waals surface area contributed by atoms with Gasteiger partial charge in [-0.3, -0.25) is 14.4 Å². The molecule has 0 saturated carbocycles. The summed E-state index contributed by atoms with van der Waals surface area (Å²) in [5.74, 6) is -0.350. The number of hydrogen-bond acceptors (Lipinski definition) is 6. The van der Waals surface area contributed by atoms with Crippen molar-refractivity contribution in [2.24, 2.45) is 5.92 Å². The summed E-state index contributed by atoms with van der Waals surface area (Å²) >= 11 is 0. The molecule has 0 N–H and O–H groups in total. The molecule has 0 bridgehead atoms. The van der Waals surface area contributed by atoms with Crippen LogP contribution in [0.5, 0.6) is 0 Å². The zero-order chi connectivity index (χ0) is 27.0. The van der Waals surface area contributed by atoms with Crippen molar-refractivity contribution >= 4 is 29.2 Å². The number of benzene rings is 2. The molecule has 0 aliphatic carbocycles. The van der Waals surface area contributed by atoms with Crippen LogP contribution in [0.2, 0.25) is 0 Å². The van der Waals surface area contributed by atoms with Crippen molar-refractivity contribution in [2.75, 3.05) is 30.0 Å². The highest BCUT2D eigenvalue weighted by Gasteiger charge is 2.43. The minimum Gasteiger partial charge on any atom is -0.469 e. The van der Waals surface area contributed by atoms with Crippen LogP contribution in [0.4, 0.5) is 11.4 Å². The second-order valence-corrected chi connectivity index (χ2v) is 10.5. The molecule has 5 rings (SSSR count). The van der Waals surface area contributed by atoms with Gasteiger partial charge in [0.15, 0.2) is 0 Å². The highest BCUT2D eigenvalue weighted by Crippen LogP contribution is 2.42. The van der Waals surface area contributed by atoms with E-state index in [1.807, 2.05) is 27.8 Å². The summed E-state index contributed by atoms with van der Waals surface area (Å²) in [7, 11) is 1.36. The Hall–Kier alpha value is -4.45. The largest absolute Gasteiger partial charge is 0.469 e. The number of methoxy groups -OCH3 is 1. The first kappa shape index (κ1) is 25.2. The highest BCUT2D eigenvalue weighted by atomic mass is 16.5. The topological polar surface area (TPSA) is 109 Å². The van der Waals surface area contributed by atoms with E-state index in [-0.39, 0.29) is 36.0 Å². The fourth-order valence-corrected chi connectivity index (χ4v) is 5.36. The SMILES string of the molecule is COC(=O)Cc1nccn1Cc1ccc2c(c1)C(C)(C)CN2C(=O)[C@H]1CC(=O)N(c2cccc(C#N)c2)C1. The molecule has 1 fully saturated rings. The van der Waals surface area contributed by atoms with Gasteiger partial charge in [-0.15, -0.1) is 0 Å². The molecular formula is C29H29N5O4. The predicted molar refractivity (Wildman–Crippen MR) is 140 cm³/mol. The van der Waals surface area contributed by atoms with Gasteiger partial charge in [0.2, 0.25) is 11.8 Å². The van der Waals surface area contributed by atoms with Crippen molar-refractivity contribution in [3.8, 4) is 6.07 Å². The Kier molecular flexibility index (Phi) is 6.49. The Morgan fingerprint density at radius 3 is 2.79 bits per heavy atom. The van der Waals surface area contributed by atoms with Crippen LogP contribution in [0.1, 0.15) is 42.8 Å². The van der Waals surface area contributed by atoms with Crippen LogP contribution in [-0.4, -0.2) is 47.5 Å². The number of aromatic nitrogens is 2. The number of amides is 2. The van der Waals surface area contributed by atoms with Crippen LogP contribution < -0.4 is 9.80 Å². The molecule has 3 aromatic rings. The van der Waals surface area contributed by atoms with Crippen LogP contribution in [0.25, 0.3) is 0 Å². The molecular weight excluding hydrogens is 482 g/mol. The summed E-state index contributed by atoms with van der Waals surface area (Å²) in [6.45, 7) is 5.58. The van der Waals surface area contributed by atoms with Gasteiger partial charge in [0.25, 0.3) is 0 Å². The van der Waals surface area contributed by atoms with Crippen molar-refractivity contribution in [1.82, 2.24) is 9.55 Å². The normalized spacial score (nSPS) is 17.8. The molecule has 0 spiro atoms. The Bertz CT molecular complexity index is 1470. The lowest BCUT2D eigenvalue weighted by molar-refractivity contribution is -0.140. The van der Waals surface area contributed by atoms with Crippen molar-refractivity contribution in [1.29, 1.82) is 5.26 Å². The molecule has 9 heteroatoms. The number of nitriles is 1. The number of anilines is 2. The number of carbonyl (C=O) groups is 3. The molecule has 0 unspecified atom stereocenters. The lowest BCUT2D eigenvalue weighted by atomic mass is 9.86. The minimum absolute atomic E-state index is 0.0631. The van der Waals surface area contributed by atoms with Gasteiger partial charge < -0.3 is 19.1 Å². The standard InChI is InChI=1S/C29H29N5O4/c1-29(2)18-34(28(37)21-13-26(35)33(17-21)22-6-4-5-19(11-22)15-30)24-8-7-20(12-23(24)29)16-32-10-9-31-25(32)14-27(36)38-3/h4-12,21H,13-14,16-18H2,1-3H3/t21-/m0/s1. The average Bonchev–Trinajstić information content (AvgIpc) is 3.59. The maximum absolute atomic E-state index is 13.7. The molecule has 2 aliphatic rings. The van der Waals surface area contributed by atoms with Gasteiger partial charge >= 0.3 is 5.97 Å². The number of rotatable bonds is 6. The van der Waals surface area contributed by atoms with Gasteiger partial charge in [0.05, 0.1) is 24.7 Å². The van der Waals surface area contributed by atoms with E-state index in [2.05, 4.69) is 31.0 Å². The summed E-state index contributed by atoms with van der Waals surface area (Å²) in [6, 6.07) is 15.1. The van der Waals surface area contributed by atoms with Gasteiger partial charge in [-0.1, -0.05) is 32.0 Å². The van der Waals surface area contributed by atoms with E-state index >= 15 is 0 Å². The van der Waals surface area contributed by atoms with Gasteiger partial charge in [-0.05, 0) is 35.4 Å². The number of imidazole rings is 1. The van der Waals surface area contributed by atoms with E-state index in [0.29, 0.717) is 36.7 Å². The lowest BCUT2D eigenvalue weighted by Crippen LogP contribution is -2.39. The Morgan fingerprint density at radius 1 is 1.21 bits per heavy atom. The fourth-order valence-electron chi connectivity index (χ4n) is 5.36. The molecule has 38 heavy (non-hydrogen) atoms. The Balaban J connectivity index is 1.35. The fraction of sp³-hybridized carbons (Fsp3) is 0.345. The first-order valence-corrected chi connectivity index (χ1v) is 12.5. The van der Waals surface area contributed by atoms with Gasteiger partial charge in [-0.25, -0.2) is 4.98 Å². The van der Waals surface area contributed by atoms with Gasteiger partial charge in [0, 0.05) is 55.2 Å². The average molecular weight is 512 g/mol. The molecule has 9 nitrogen and oxygen atoms in total. The quantitative estimate of drug-likeness (QED) is 0.471. The second-order valence-electron chi connectivity index (χ2n) is 10.5. The van der Waals surface area contributed by atoms with E-state index in [9.17, 15) is 19.6 Å². The third-order valence-corrected chi connectivity index (χ3v) is 7.35. The number of nitrogens with zero attached hydrogens (tertiary/aromatic N) is 5. The molecule has 2 amide bonds. The van der Waals surface area contributed by atoms with Gasteiger partial charge in [-0.2, -0.15) is 5.26 Å². The molecule has 2 aliphatic heterocycles. The first-order valence-electron chi connectivity index (χ1n) is 12.5. The zero-order valence-corrected chi connectivity index (χ0v) is 21.7. The number of fused-ring (bicyclic) bond motifs is 1. The lowest BCUT2D eigenvalue weighted by Gasteiger charge is -2.23. The van der Waals surface area contributed by atoms with E-state index in [1.54, 1.807) is 35.4 Å². The smallest absolute Gasteiger partial charge is 0.313 e. The molecule has 194 valence electrons. The summed E-state index contributed by atoms with van der Waals surface area (Å²) in [5.41, 5.74) is 3.82. The molecule has 1 atom stereocenters. The van der Waals surface area contributed by atoms with E-state index in [1.165, 1.54) is 7.11 Å². The van der Waals surface area contributed by atoms with Crippen LogP contribution in [0, 0.1) is 17.2 Å². The second kappa shape index (κ2) is 9.78. The van der Waals surface area contributed by atoms with E-state index < -0.39 is 5.92 Å². The number of ether oxygens (including phenoxy) is 1. The van der Waals surface area contributed by atoms with E-state index in [4.69, 9.17) is 4.74 Å². The Morgan fingerprint density at radius 2 is 2.03 bits per heavy atom. The maximum Gasteiger partial charge on any atom is 0.313 e. The third-order valence-electron chi connectivity index (χ3n) is 7.35. The summed E-state index contributed by atoms with van der Waals surface area (Å²) in [4.78, 5) is 46.0. The molecule has 0 radical (unpaired) electrons. The van der Waals surface area contributed by atoms with Crippen LogP contribution in [0.15, 0.2) is 54.9 Å². The molecule has 2 aromatic carbocycles.